The van der Waals surface area contributed by atoms with E-state index in [1.165, 1.54) is 0 Å². The van der Waals surface area contributed by atoms with E-state index in [0.29, 0.717) is 27.4 Å². The van der Waals surface area contributed by atoms with Crippen molar-refractivity contribution in [2.75, 3.05) is 0 Å². The van der Waals surface area contributed by atoms with E-state index in [-0.39, 0.29) is 5.78 Å². The molecule has 0 saturated carbocycles. The summed E-state index contributed by atoms with van der Waals surface area (Å²) < 4.78 is 1.83. The molecule has 0 atom stereocenters. The van der Waals surface area contributed by atoms with Crippen LogP contribution < -0.4 is 0 Å². The van der Waals surface area contributed by atoms with E-state index in [9.17, 15) is 10.1 Å². The van der Waals surface area contributed by atoms with Crippen LogP contribution in [-0.4, -0.2) is 10.2 Å². The number of hydrogen-bond donors (Lipinski definition) is 0. The highest BCUT2D eigenvalue weighted by Crippen LogP contribution is 2.27. The van der Waals surface area contributed by atoms with Crippen LogP contribution in [0.5, 0.6) is 0 Å². The van der Waals surface area contributed by atoms with Gasteiger partial charge in [0, 0.05) is 16.0 Å². The summed E-state index contributed by atoms with van der Waals surface area (Å²) in [6.45, 7) is 0. The number of ketones is 1. The maximum atomic E-state index is 12.9. The number of hydrogen-bond acceptors (Lipinski definition) is 2. The minimum Gasteiger partial charge on any atom is -0.305 e. The van der Waals surface area contributed by atoms with Crippen molar-refractivity contribution in [3.8, 4) is 6.07 Å². The van der Waals surface area contributed by atoms with Crippen LogP contribution in [0, 0.1) is 11.3 Å². The smallest absolute Gasteiger partial charge is 0.209 e. The van der Waals surface area contributed by atoms with Crippen molar-refractivity contribution in [2.45, 2.75) is 0 Å². The third kappa shape index (κ3) is 2.17. The van der Waals surface area contributed by atoms with Crippen LogP contribution in [0.3, 0.4) is 0 Å². The van der Waals surface area contributed by atoms with Crippen LogP contribution in [0.15, 0.2) is 66.7 Å². The Labute approximate surface area is 143 Å². The molecule has 4 aromatic rings. The van der Waals surface area contributed by atoms with E-state index in [4.69, 9.17) is 11.6 Å². The molecule has 0 fully saturated rings. The van der Waals surface area contributed by atoms with Gasteiger partial charge in [0.05, 0.1) is 22.3 Å². The molecule has 2 aromatic carbocycles. The normalized spacial score (nSPS) is 10.8. The van der Waals surface area contributed by atoms with Crippen LogP contribution in [-0.2, 0) is 0 Å². The number of halogens is 1. The second-order valence-corrected chi connectivity index (χ2v) is 5.94. The number of nitriles is 1. The topological polar surface area (TPSA) is 45.3 Å². The van der Waals surface area contributed by atoms with Crippen LogP contribution in [0.2, 0.25) is 5.02 Å². The SMILES string of the molecule is N#Cc1cc(C(=O)c2ccccc2)n2c1ccc1cc(Cl)ccc12. The Kier molecular flexibility index (Phi) is 3.34. The summed E-state index contributed by atoms with van der Waals surface area (Å²) in [6, 6.07) is 22.1. The van der Waals surface area contributed by atoms with Crippen LogP contribution in [0.4, 0.5) is 0 Å². The van der Waals surface area contributed by atoms with Gasteiger partial charge >= 0.3 is 0 Å². The second-order valence-electron chi connectivity index (χ2n) is 5.51. The van der Waals surface area contributed by atoms with Gasteiger partial charge in [-0.15, -0.1) is 0 Å². The van der Waals surface area contributed by atoms with Crippen molar-refractivity contribution in [3.63, 3.8) is 0 Å². The Hall–Kier alpha value is -3.09. The van der Waals surface area contributed by atoms with Crippen molar-refractivity contribution < 1.29 is 4.79 Å². The number of rotatable bonds is 2. The highest BCUT2D eigenvalue weighted by atomic mass is 35.5. The summed E-state index contributed by atoms with van der Waals surface area (Å²) in [7, 11) is 0. The van der Waals surface area contributed by atoms with Gasteiger partial charge in [0.1, 0.15) is 6.07 Å². The molecule has 4 rings (SSSR count). The monoisotopic (exact) mass is 330 g/mol. The summed E-state index contributed by atoms with van der Waals surface area (Å²) in [5.74, 6) is -0.116. The molecule has 0 saturated heterocycles. The average Bonchev–Trinajstić information content (AvgIpc) is 3.00. The van der Waals surface area contributed by atoms with Gasteiger partial charge < -0.3 is 4.40 Å². The lowest BCUT2D eigenvalue weighted by atomic mass is 10.1. The predicted octanol–water partition coefficient (Wildman–Crippen LogP) is 4.85. The maximum Gasteiger partial charge on any atom is 0.209 e. The van der Waals surface area contributed by atoms with Crippen molar-refractivity contribution >= 4 is 33.8 Å². The Morgan fingerprint density at radius 2 is 1.71 bits per heavy atom. The molecule has 0 spiro atoms. The first-order valence-electron chi connectivity index (χ1n) is 7.42. The Morgan fingerprint density at radius 1 is 0.958 bits per heavy atom. The van der Waals surface area contributed by atoms with E-state index >= 15 is 0 Å². The molecule has 3 nitrogen and oxygen atoms in total. The van der Waals surface area contributed by atoms with E-state index in [1.54, 1.807) is 24.3 Å². The first kappa shape index (κ1) is 14.5. The number of aromatic nitrogens is 1. The van der Waals surface area contributed by atoms with Gasteiger partial charge in [0.2, 0.25) is 5.78 Å². The molecule has 0 aliphatic rings. The standard InChI is InChI=1S/C20H11ClN2O/c21-16-7-9-17-14(10-16)6-8-18-15(12-22)11-19(23(17)18)20(24)13-4-2-1-3-5-13/h1-11H. The number of pyridine rings is 1. The molecular weight excluding hydrogens is 320 g/mol. The predicted molar refractivity (Wildman–Crippen MR) is 94.5 cm³/mol. The summed E-state index contributed by atoms with van der Waals surface area (Å²) in [5, 5.41) is 11.0. The summed E-state index contributed by atoms with van der Waals surface area (Å²) in [5.41, 5.74) is 3.10. The lowest BCUT2D eigenvalue weighted by Crippen LogP contribution is -2.05. The minimum absolute atomic E-state index is 0.116. The maximum absolute atomic E-state index is 12.9. The van der Waals surface area contributed by atoms with Crippen LogP contribution in [0.1, 0.15) is 21.6 Å². The second kappa shape index (κ2) is 5.52. The van der Waals surface area contributed by atoms with Crippen molar-refractivity contribution in [1.82, 2.24) is 4.40 Å². The molecular formula is C20H11ClN2O. The Bertz CT molecular complexity index is 1140. The van der Waals surface area contributed by atoms with Crippen LogP contribution >= 0.6 is 11.6 Å². The lowest BCUT2D eigenvalue weighted by Gasteiger charge is -2.07. The number of nitrogens with zero attached hydrogens (tertiary/aromatic N) is 2. The molecule has 0 amide bonds. The largest absolute Gasteiger partial charge is 0.305 e. The fraction of sp³-hybridized carbons (Fsp3) is 0. The van der Waals surface area contributed by atoms with Crippen molar-refractivity contribution in [2.24, 2.45) is 0 Å². The first-order chi connectivity index (χ1) is 11.7. The summed E-state index contributed by atoms with van der Waals surface area (Å²) in [6.07, 6.45) is 0. The van der Waals surface area contributed by atoms with Gasteiger partial charge in [-0.05, 0) is 30.3 Å². The van der Waals surface area contributed by atoms with E-state index < -0.39 is 0 Å². The quantitative estimate of drug-likeness (QED) is 0.493. The molecule has 0 unspecified atom stereocenters. The van der Waals surface area contributed by atoms with E-state index in [1.807, 2.05) is 46.9 Å². The number of carbonyl (C=O) groups excluding carboxylic acids is 1. The highest BCUT2D eigenvalue weighted by Gasteiger charge is 2.18. The van der Waals surface area contributed by atoms with Crippen LogP contribution in [0.25, 0.3) is 16.4 Å². The van der Waals surface area contributed by atoms with Gasteiger partial charge in [-0.2, -0.15) is 5.26 Å². The molecule has 0 aliphatic heterocycles. The fourth-order valence-corrected chi connectivity index (χ4v) is 3.16. The molecule has 114 valence electrons. The fourth-order valence-electron chi connectivity index (χ4n) is 2.97. The third-order valence-corrected chi connectivity index (χ3v) is 4.31. The third-order valence-electron chi connectivity index (χ3n) is 4.08. The summed E-state index contributed by atoms with van der Waals surface area (Å²) in [4.78, 5) is 12.9. The van der Waals surface area contributed by atoms with Gasteiger partial charge in [0.25, 0.3) is 0 Å². The number of carbonyl (C=O) groups is 1. The van der Waals surface area contributed by atoms with Gasteiger partial charge in [-0.1, -0.05) is 48.0 Å². The number of fused-ring (bicyclic) bond motifs is 3. The zero-order valence-corrected chi connectivity index (χ0v) is 13.3. The Morgan fingerprint density at radius 3 is 2.46 bits per heavy atom. The van der Waals surface area contributed by atoms with Gasteiger partial charge in [-0.3, -0.25) is 4.79 Å². The van der Waals surface area contributed by atoms with Gasteiger partial charge in [-0.25, -0.2) is 0 Å². The molecule has 2 heterocycles. The minimum atomic E-state index is -0.116. The zero-order chi connectivity index (χ0) is 16.7. The summed E-state index contributed by atoms with van der Waals surface area (Å²) >= 11 is 6.07. The number of benzene rings is 2. The Balaban J connectivity index is 2.08. The average molecular weight is 331 g/mol. The van der Waals surface area contributed by atoms with Crippen molar-refractivity contribution in [1.29, 1.82) is 5.26 Å². The molecule has 24 heavy (non-hydrogen) atoms. The van der Waals surface area contributed by atoms with Gasteiger partial charge in [0.15, 0.2) is 0 Å². The molecule has 0 N–H and O–H groups in total. The van der Waals surface area contributed by atoms with Crippen molar-refractivity contribution in [3.05, 3.63) is 88.6 Å². The van der Waals surface area contributed by atoms with E-state index in [0.717, 1.165) is 10.9 Å². The molecule has 0 aliphatic carbocycles. The molecule has 0 bridgehead atoms. The first-order valence-corrected chi connectivity index (χ1v) is 7.80. The molecule has 2 aromatic heterocycles. The highest BCUT2D eigenvalue weighted by molar-refractivity contribution is 6.31. The molecule has 0 radical (unpaired) electrons. The lowest BCUT2D eigenvalue weighted by molar-refractivity contribution is 0.103. The van der Waals surface area contributed by atoms with E-state index in [2.05, 4.69) is 6.07 Å². The zero-order valence-electron chi connectivity index (χ0n) is 12.5. The molecule has 4 heteroatoms.